The van der Waals surface area contributed by atoms with Gasteiger partial charge in [0, 0.05) is 5.56 Å². The molecule has 1 amide bonds. The van der Waals surface area contributed by atoms with Crippen molar-refractivity contribution in [2.75, 3.05) is 7.11 Å². The number of hydrogen-bond acceptors (Lipinski definition) is 3. The van der Waals surface area contributed by atoms with Crippen LogP contribution in [0, 0.1) is 5.92 Å². The highest BCUT2D eigenvalue weighted by Gasteiger charge is 2.25. The minimum atomic E-state index is -0.644. The second-order valence-corrected chi connectivity index (χ2v) is 5.28. The molecule has 110 valence electrons. The monoisotopic (exact) mass is 285 g/mol. The third-order valence-corrected chi connectivity index (χ3v) is 3.42. The summed E-state index contributed by atoms with van der Waals surface area (Å²) in [5.74, 6) is -0.745. The van der Waals surface area contributed by atoms with Crippen molar-refractivity contribution in [3.05, 3.63) is 48.0 Å². The first-order valence-corrected chi connectivity index (χ1v) is 6.90. The van der Waals surface area contributed by atoms with Gasteiger partial charge in [0.05, 0.1) is 7.11 Å². The number of ether oxygens (including phenoxy) is 1. The lowest BCUT2D eigenvalue weighted by Crippen LogP contribution is -2.45. The molecule has 0 aliphatic rings. The summed E-state index contributed by atoms with van der Waals surface area (Å²) in [6.45, 7) is 3.73. The molecule has 0 fully saturated rings. The van der Waals surface area contributed by atoms with Gasteiger partial charge in [0.2, 0.25) is 0 Å². The molecule has 2 aromatic carbocycles. The first-order valence-electron chi connectivity index (χ1n) is 6.90. The molecule has 2 aromatic rings. The van der Waals surface area contributed by atoms with Gasteiger partial charge in [-0.05, 0) is 28.8 Å². The minimum Gasteiger partial charge on any atom is -0.467 e. The summed E-state index contributed by atoms with van der Waals surface area (Å²) in [6.07, 6.45) is 0. The van der Waals surface area contributed by atoms with Crippen LogP contribution in [0.3, 0.4) is 0 Å². The van der Waals surface area contributed by atoms with Crippen molar-refractivity contribution in [1.29, 1.82) is 0 Å². The number of rotatable bonds is 4. The lowest BCUT2D eigenvalue weighted by molar-refractivity contribution is -0.144. The predicted molar refractivity (Wildman–Crippen MR) is 82.1 cm³/mol. The van der Waals surface area contributed by atoms with Gasteiger partial charge in [-0.2, -0.15) is 0 Å². The van der Waals surface area contributed by atoms with E-state index in [1.165, 1.54) is 7.11 Å². The Hall–Kier alpha value is -2.36. The number of nitrogens with one attached hydrogen (secondary N) is 1. The summed E-state index contributed by atoms with van der Waals surface area (Å²) in [7, 11) is 1.32. The Morgan fingerprint density at radius 3 is 2.33 bits per heavy atom. The Labute approximate surface area is 124 Å². The van der Waals surface area contributed by atoms with E-state index in [1.54, 1.807) is 6.07 Å². The van der Waals surface area contributed by atoms with E-state index in [0.717, 1.165) is 10.8 Å². The van der Waals surface area contributed by atoms with Crippen LogP contribution in [0.1, 0.15) is 24.2 Å². The van der Waals surface area contributed by atoms with Crippen molar-refractivity contribution < 1.29 is 14.3 Å². The molecule has 0 radical (unpaired) electrons. The van der Waals surface area contributed by atoms with E-state index in [4.69, 9.17) is 4.74 Å². The Morgan fingerprint density at radius 1 is 1.05 bits per heavy atom. The fourth-order valence-electron chi connectivity index (χ4n) is 2.18. The van der Waals surface area contributed by atoms with Gasteiger partial charge >= 0.3 is 5.97 Å². The van der Waals surface area contributed by atoms with Crippen molar-refractivity contribution in [3.63, 3.8) is 0 Å². The zero-order valence-corrected chi connectivity index (χ0v) is 12.4. The highest BCUT2D eigenvalue weighted by molar-refractivity contribution is 6.00. The Balaban J connectivity index is 2.23. The van der Waals surface area contributed by atoms with Gasteiger partial charge in [-0.3, -0.25) is 4.79 Å². The number of benzene rings is 2. The van der Waals surface area contributed by atoms with Crippen molar-refractivity contribution >= 4 is 22.6 Å². The largest absolute Gasteiger partial charge is 0.467 e. The number of carbonyl (C=O) groups is 2. The highest BCUT2D eigenvalue weighted by atomic mass is 16.5. The van der Waals surface area contributed by atoms with Crippen molar-refractivity contribution in [3.8, 4) is 0 Å². The molecule has 0 heterocycles. The number of fused-ring (bicyclic) bond motifs is 1. The van der Waals surface area contributed by atoms with Gasteiger partial charge < -0.3 is 10.1 Å². The first-order chi connectivity index (χ1) is 10.0. The molecular weight excluding hydrogens is 266 g/mol. The Morgan fingerprint density at radius 2 is 1.71 bits per heavy atom. The normalized spacial score (nSPS) is 12.2. The summed E-state index contributed by atoms with van der Waals surface area (Å²) in [5, 5.41) is 4.80. The Bertz CT molecular complexity index is 664. The average Bonchev–Trinajstić information content (AvgIpc) is 2.50. The highest BCUT2D eigenvalue weighted by Crippen LogP contribution is 2.16. The van der Waals surface area contributed by atoms with Crippen LogP contribution in [0.4, 0.5) is 0 Å². The van der Waals surface area contributed by atoms with Crippen molar-refractivity contribution in [2.24, 2.45) is 5.92 Å². The van der Waals surface area contributed by atoms with Crippen LogP contribution in [0.2, 0.25) is 0 Å². The smallest absolute Gasteiger partial charge is 0.328 e. The predicted octanol–water partition coefficient (Wildman–Crippen LogP) is 2.77. The quantitative estimate of drug-likeness (QED) is 0.879. The molecule has 21 heavy (non-hydrogen) atoms. The second kappa shape index (κ2) is 6.39. The van der Waals surface area contributed by atoms with Crippen LogP contribution in [0.15, 0.2) is 42.5 Å². The van der Waals surface area contributed by atoms with Gasteiger partial charge in [-0.25, -0.2) is 4.79 Å². The van der Waals surface area contributed by atoms with Gasteiger partial charge in [0.1, 0.15) is 6.04 Å². The number of methoxy groups -OCH3 is 1. The van der Waals surface area contributed by atoms with Gasteiger partial charge in [0.25, 0.3) is 5.91 Å². The molecule has 0 bridgehead atoms. The van der Waals surface area contributed by atoms with Crippen molar-refractivity contribution in [2.45, 2.75) is 19.9 Å². The van der Waals surface area contributed by atoms with Crippen molar-refractivity contribution in [1.82, 2.24) is 5.32 Å². The van der Waals surface area contributed by atoms with Crippen LogP contribution in [-0.4, -0.2) is 25.0 Å². The van der Waals surface area contributed by atoms with E-state index >= 15 is 0 Å². The maximum absolute atomic E-state index is 12.3. The molecule has 0 saturated heterocycles. The standard InChI is InChI=1S/C17H19NO3/c1-11(2)15(17(20)21-3)18-16(19)14-9-8-12-6-4-5-7-13(12)10-14/h4-11,15H,1-3H3,(H,18,19). The lowest BCUT2D eigenvalue weighted by Gasteiger charge is -2.19. The lowest BCUT2D eigenvalue weighted by atomic mass is 10.0. The van der Waals surface area contributed by atoms with E-state index in [9.17, 15) is 9.59 Å². The molecule has 2 rings (SSSR count). The molecule has 0 aliphatic carbocycles. The molecule has 1 N–H and O–H groups in total. The molecule has 0 spiro atoms. The maximum atomic E-state index is 12.3. The first kappa shape index (κ1) is 15.0. The van der Waals surface area contributed by atoms with Gasteiger partial charge in [-0.1, -0.05) is 44.2 Å². The van der Waals surface area contributed by atoms with E-state index in [-0.39, 0.29) is 11.8 Å². The Kier molecular flexibility index (Phi) is 4.58. The summed E-state index contributed by atoms with van der Waals surface area (Å²) < 4.78 is 4.73. The molecule has 4 nitrogen and oxygen atoms in total. The third-order valence-electron chi connectivity index (χ3n) is 3.42. The molecule has 0 aliphatic heterocycles. The van der Waals surface area contributed by atoms with E-state index in [2.05, 4.69) is 5.32 Å². The number of hydrogen-bond donors (Lipinski definition) is 1. The second-order valence-electron chi connectivity index (χ2n) is 5.28. The number of carbonyl (C=O) groups excluding carboxylic acids is 2. The van der Waals surface area contributed by atoms with Crippen LogP contribution in [0.5, 0.6) is 0 Å². The fraction of sp³-hybridized carbons (Fsp3) is 0.294. The molecule has 4 heteroatoms. The summed E-state index contributed by atoms with van der Waals surface area (Å²) in [6, 6.07) is 12.6. The number of amides is 1. The summed E-state index contributed by atoms with van der Waals surface area (Å²) in [4.78, 5) is 24.0. The average molecular weight is 285 g/mol. The maximum Gasteiger partial charge on any atom is 0.328 e. The topological polar surface area (TPSA) is 55.4 Å². The van der Waals surface area contributed by atoms with Crippen LogP contribution >= 0.6 is 0 Å². The molecular formula is C17H19NO3. The van der Waals surface area contributed by atoms with Gasteiger partial charge in [0.15, 0.2) is 0 Å². The summed E-state index contributed by atoms with van der Waals surface area (Å²) >= 11 is 0. The van der Waals surface area contributed by atoms with E-state index < -0.39 is 12.0 Å². The molecule has 0 aromatic heterocycles. The third kappa shape index (κ3) is 3.40. The SMILES string of the molecule is COC(=O)C(NC(=O)c1ccc2ccccc2c1)C(C)C. The van der Waals surface area contributed by atoms with E-state index in [0.29, 0.717) is 5.56 Å². The van der Waals surface area contributed by atoms with Crippen LogP contribution in [0.25, 0.3) is 10.8 Å². The van der Waals surface area contributed by atoms with Crippen LogP contribution < -0.4 is 5.32 Å². The molecule has 1 atom stereocenters. The minimum absolute atomic E-state index is 0.0399. The molecule has 1 unspecified atom stereocenters. The zero-order chi connectivity index (χ0) is 15.4. The summed E-state index contributed by atoms with van der Waals surface area (Å²) in [5.41, 5.74) is 0.531. The van der Waals surface area contributed by atoms with E-state index in [1.807, 2.05) is 50.2 Å². The molecule has 0 saturated carbocycles. The fourth-order valence-corrected chi connectivity index (χ4v) is 2.18. The van der Waals surface area contributed by atoms with Gasteiger partial charge in [-0.15, -0.1) is 0 Å². The number of esters is 1. The van der Waals surface area contributed by atoms with Crippen LogP contribution in [-0.2, 0) is 9.53 Å². The zero-order valence-electron chi connectivity index (χ0n) is 12.4.